The van der Waals surface area contributed by atoms with Gasteiger partial charge >= 0.3 is 0 Å². The Balaban J connectivity index is 2.31. The first-order valence-electron chi connectivity index (χ1n) is 5.19. The van der Waals surface area contributed by atoms with Crippen LogP contribution in [0.4, 0.5) is 0 Å². The second kappa shape index (κ2) is 5.23. The van der Waals surface area contributed by atoms with Crippen molar-refractivity contribution < 1.29 is 4.74 Å². The average Bonchev–Trinajstić information content (AvgIpc) is 2.51. The number of hydrogen-bond acceptors (Lipinski definition) is 4. The Labute approximate surface area is 90.8 Å². The second-order valence-electron chi connectivity index (χ2n) is 4.46. The molecule has 15 heavy (non-hydrogen) atoms. The van der Waals surface area contributed by atoms with Crippen LogP contribution in [0.2, 0.25) is 0 Å². The molecule has 5 heteroatoms. The molecule has 0 saturated heterocycles. The van der Waals surface area contributed by atoms with Crippen molar-refractivity contribution in [2.24, 2.45) is 0 Å². The summed E-state index contributed by atoms with van der Waals surface area (Å²) in [4.78, 5) is 0. The molecule has 0 unspecified atom stereocenters. The van der Waals surface area contributed by atoms with Crippen LogP contribution < -0.4 is 5.32 Å². The van der Waals surface area contributed by atoms with Crippen molar-refractivity contribution >= 4 is 0 Å². The molecule has 0 bridgehead atoms. The Morgan fingerprint density at radius 2 is 2.20 bits per heavy atom. The minimum absolute atomic E-state index is 0.0889. The lowest BCUT2D eigenvalue weighted by Gasteiger charge is -2.19. The zero-order chi connectivity index (χ0) is 11.3. The standard InChI is InChI=1S/C10H20N4O/c1-10(2,3)15-6-5-14-8-9(7-11-4)12-13-14/h8,11H,5-7H2,1-4H3. The van der Waals surface area contributed by atoms with E-state index in [1.165, 1.54) is 0 Å². The van der Waals surface area contributed by atoms with Crippen LogP contribution in [-0.2, 0) is 17.8 Å². The molecule has 86 valence electrons. The Bertz CT molecular complexity index is 290. The third kappa shape index (κ3) is 4.90. The van der Waals surface area contributed by atoms with E-state index in [1.54, 1.807) is 4.68 Å². The number of ether oxygens (including phenoxy) is 1. The lowest BCUT2D eigenvalue weighted by atomic mass is 10.2. The maximum atomic E-state index is 5.60. The predicted molar refractivity (Wildman–Crippen MR) is 58.5 cm³/mol. The van der Waals surface area contributed by atoms with Crippen molar-refractivity contribution in [1.29, 1.82) is 0 Å². The van der Waals surface area contributed by atoms with Gasteiger partial charge in [0.25, 0.3) is 0 Å². The summed E-state index contributed by atoms with van der Waals surface area (Å²) in [6, 6.07) is 0. The molecule has 0 saturated carbocycles. The van der Waals surface area contributed by atoms with E-state index in [4.69, 9.17) is 4.74 Å². The molecule has 0 spiro atoms. The summed E-state index contributed by atoms with van der Waals surface area (Å²) in [7, 11) is 1.89. The van der Waals surface area contributed by atoms with Gasteiger partial charge in [-0.05, 0) is 27.8 Å². The van der Waals surface area contributed by atoms with Crippen LogP contribution >= 0.6 is 0 Å². The van der Waals surface area contributed by atoms with Gasteiger partial charge in [0.05, 0.1) is 24.4 Å². The fraction of sp³-hybridized carbons (Fsp3) is 0.800. The lowest BCUT2D eigenvalue weighted by molar-refractivity contribution is -0.00805. The molecule has 0 aliphatic heterocycles. The van der Waals surface area contributed by atoms with E-state index in [0.717, 1.165) is 18.8 Å². The van der Waals surface area contributed by atoms with Crippen molar-refractivity contribution in [3.63, 3.8) is 0 Å². The second-order valence-corrected chi connectivity index (χ2v) is 4.46. The van der Waals surface area contributed by atoms with Crippen LogP contribution in [0.1, 0.15) is 26.5 Å². The van der Waals surface area contributed by atoms with Crippen LogP contribution in [-0.4, -0.2) is 34.2 Å². The normalized spacial score (nSPS) is 12.0. The first kappa shape index (κ1) is 12.1. The molecule has 0 amide bonds. The molecular weight excluding hydrogens is 192 g/mol. The first-order valence-corrected chi connectivity index (χ1v) is 5.19. The van der Waals surface area contributed by atoms with Gasteiger partial charge in [0, 0.05) is 12.7 Å². The summed E-state index contributed by atoms with van der Waals surface area (Å²) in [6.45, 7) is 8.28. The molecule has 1 aromatic heterocycles. The van der Waals surface area contributed by atoms with Gasteiger partial charge in [-0.1, -0.05) is 5.21 Å². The van der Waals surface area contributed by atoms with E-state index < -0.39 is 0 Å². The zero-order valence-corrected chi connectivity index (χ0v) is 9.95. The third-order valence-corrected chi connectivity index (χ3v) is 1.80. The van der Waals surface area contributed by atoms with Crippen molar-refractivity contribution in [3.05, 3.63) is 11.9 Å². The summed E-state index contributed by atoms with van der Waals surface area (Å²) in [6.07, 6.45) is 1.93. The predicted octanol–water partition coefficient (Wildman–Crippen LogP) is 0.813. The summed E-state index contributed by atoms with van der Waals surface area (Å²) in [5.74, 6) is 0. The van der Waals surface area contributed by atoms with Gasteiger partial charge in [-0.15, -0.1) is 5.10 Å². The Kier molecular flexibility index (Phi) is 4.23. The van der Waals surface area contributed by atoms with Crippen LogP contribution in [0, 0.1) is 0 Å². The summed E-state index contributed by atoms with van der Waals surface area (Å²) in [5.41, 5.74) is 0.863. The molecule has 1 rings (SSSR count). The molecule has 0 aliphatic carbocycles. The van der Waals surface area contributed by atoms with E-state index in [-0.39, 0.29) is 5.60 Å². The van der Waals surface area contributed by atoms with E-state index in [1.807, 2.05) is 34.0 Å². The summed E-state index contributed by atoms with van der Waals surface area (Å²) < 4.78 is 7.40. The summed E-state index contributed by atoms with van der Waals surface area (Å²) in [5, 5.41) is 11.0. The Hall–Kier alpha value is -0.940. The van der Waals surface area contributed by atoms with Gasteiger partial charge in [0.1, 0.15) is 0 Å². The van der Waals surface area contributed by atoms with E-state index in [0.29, 0.717) is 6.61 Å². The number of aromatic nitrogens is 3. The van der Waals surface area contributed by atoms with E-state index >= 15 is 0 Å². The molecule has 0 atom stereocenters. The van der Waals surface area contributed by atoms with Crippen LogP contribution in [0.25, 0.3) is 0 Å². The van der Waals surface area contributed by atoms with Crippen molar-refractivity contribution in [2.45, 2.75) is 39.5 Å². The molecule has 1 aromatic rings. The maximum Gasteiger partial charge on any atom is 0.0964 e. The number of rotatable bonds is 5. The van der Waals surface area contributed by atoms with Crippen molar-refractivity contribution in [2.75, 3.05) is 13.7 Å². The van der Waals surface area contributed by atoms with Gasteiger partial charge in [-0.2, -0.15) is 0 Å². The Morgan fingerprint density at radius 3 is 2.80 bits per heavy atom. The molecule has 5 nitrogen and oxygen atoms in total. The van der Waals surface area contributed by atoms with E-state index in [2.05, 4.69) is 15.6 Å². The highest BCUT2D eigenvalue weighted by Gasteiger charge is 2.09. The molecule has 1 N–H and O–H groups in total. The van der Waals surface area contributed by atoms with Crippen molar-refractivity contribution in [3.8, 4) is 0 Å². The topological polar surface area (TPSA) is 52.0 Å². The van der Waals surface area contributed by atoms with Gasteiger partial charge in [-0.25, -0.2) is 4.68 Å². The molecule has 1 heterocycles. The maximum absolute atomic E-state index is 5.60. The largest absolute Gasteiger partial charge is 0.374 e. The van der Waals surface area contributed by atoms with Crippen LogP contribution in [0.5, 0.6) is 0 Å². The smallest absolute Gasteiger partial charge is 0.0964 e. The number of nitrogens with zero attached hydrogens (tertiary/aromatic N) is 3. The highest BCUT2D eigenvalue weighted by Crippen LogP contribution is 2.06. The van der Waals surface area contributed by atoms with Gasteiger partial charge in [0.2, 0.25) is 0 Å². The fourth-order valence-electron chi connectivity index (χ4n) is 1.16. The first-order chi connectivity index (χ1) is 7.01. The third-order valence-electron chi connectivity index (χ3n) is 1.80. The average molecular weight is 212 g/mol. The van der Waals surface area contributed by atoms with Crippen LogP contribution in [0.3, 0.4) is 0 Å². The molecule has 0 aliphatic rings. The number of hydrogen-bond donors (Lipinski definition) is 1. The minimum atomic E-state index is -0.0889. The van der Waals surface area contributed by atoms with Gasteiger partial charge < -0.3 is 10.1 Å². The molecule has 0 fully saturated rings. The fourth-order valence-corrected chi connectivity index (χ4v) is 1.16. The minimum Gasteiger partial charge on any atom is -0.374 e. The van der Waals surface area contributed by atoms with Gasteiger partial charge in [-0.3, -0.25) is 0 Å². The highest BCUT2D eigenvalue weighted by molar-refractivity contribution is 4.90. The quantitative estimate of drug-likeness (QED) is 0.785. The summed E-state index contributed by atoms with van der Waals surface area (Å²) >= 11 is 0. The zero-order valence-electron chi connectivity index (χ0n) is 9.95. The molecule has 0 aromatic carbocycles. The van der Waals surface area contributed by atoms with Crippen molar-refractivity contribution in [1.82, 2.24) is 20.3 Å². The molecular formula is C10H20N4O. The SMILES string of the molecule is CNCc1cn(CCOC(C)(C)C)nn1. The van der Waals surface area contributed by atoms with Crippen LogP contribution in [0.15, 0.2) is 6.20 Å². The van der Waals surface area contributed by atoms with E-state index in [9.17, 15) is 0 Å². The monoisotopic (exact) mass is 212 g/mol. The van der Waals surface area contributed by atoms with Gasteiger partial charge in [0.15, 0.2) is 0 Å². The Morgan fingerprint density at radius 1 is 1.47 bits per heavy atom. The molecule has 0 radical (unpaired) electrons. The highest BCUT2D eigenvalue weighted by atomic mass is 16.5. The number of nitrogens with one attached hydrogen (secondary N) is 1. The lowest BCUT2D eigenvalue weighted by Crippen LogP contribution is -2.22.